The van der Waals surface area contributed by atoms with Crippen molar-refractivity contribution < 1.29 is 14.7 Å². The number of carbonyl (C=O) groups is 2. The molecule has 0 saturated carbocycles. The Hall–Kier alpha value is -3.87. The van der Waals surface area contributed by atoms with Gasteiger partial charge in [-0.25, -0.2) is 4.79 Å². The third kappa shape index (κ3) is 10.7. The van der Waals surface area contributed by atoms with E-state index in [2.05, 4.69) is 57.6 Å². The van der Waals surface area contributed by atoms with Gasteiger partial charge in [-0.2, -0.15) is 0 Å². The van der Waals surface area contributed by atoms with E-state index in [9.17, 15) is 14.4 Å². The van der Waals surface area contributed by atoms with Gasteiger partial charge in [0.15, 0.2) is 0 Å². The highest BCUT2D eigenvalue weighted by atomic mass is 16.4. The summed E-state index contributed by atoms with van der Waals surface area (Å²) in [6.07, 6.45) is 11.3. The lowest BCUT2D eigenvalue weighted by Gasteiger charge is -2.16. The van der Waals surface area contributed by atoms with Crippen LogP contribution >= 0.6 is 0 Å². The number of nitrogens with zero attached hydrogens (tertiary/aromatic N) is 1. The van der Waals surface area contributed by atoms with E-state index >= 15 is 0 Å². The van der Waals surface area contributed by atoms with Crippen LogP contribution in [0.5, 0.6) is 0 Å². The standard InChI is InChI=1S/C11H15NO2.C10H13NO2.C9H13N/c1-8(2)10-4-5-11(14)12(7-10)6-9(3)13;1-6(2)8-4-9(10(12)13)7(3)11-5-8;1-7(2)9-5-4-8(3)10-6-9/h4-5,7-8H,6H2,1-3H3;4-6,11H,3H2,1-2H3,(H,12,13);4-7,10H,3H2,1-2H3. The molecule has 0 spiro atoms. The van der Waals surface area contributed by atoms with Gasteiger partial charge in [-0.15, -0.1) is 0 Å². The molecule has 7 heteroatoms. The van der Waals surface area contributed by atoms with Gasteiger partial charge in [-0.05, 0) is 53.5 Å². The number of dihydropyridines is 2. The predicted octanol–water partition coefficient (Wildman–Crippen LogP) is 5.41. The molecule has 0 saturated heterocycles. The molecule has 0 bridgehead atoms. The topological polar surface area (TPSA) is 100 Å². The fourth-order valence-corrected chi connectivity index (χ4v) is 3.15. The lowest BCUT2D eigenvalue weighted by Crippen LogP contribution is -2.22. The number of Topliss-reactive ketones (excluding diaryl/α,β-unsaturated/α-hetero) is 1. The first kappa shape index (κ1) is 31.2. The van der Waals surface area contributed by atoms with Crippen LogP contribution in [0.3, 0.4) is 0 Å². The summed E-state index contributed by atoms with van der Waals surface area (Å²) in [6.45, 7) is 21.5. The van der Waals surface area contributed by atoms with Crippen molar-refractivity contribution in [2.75, 3.05) is 0 Å². The van der Waals surface area contributed by atoms with Crippen LogP contribution in [0.2, 0.25) is 0 Å². The first-order chi connectivity index (χ1) is 17.2. The number of aromatic nitrogens is 1. The molecule has 0 amide bonds. The van der Waals surface area contributed by atoms with E-state index in [0.717, 1.165) is 16.8 Å². The average Bonchev–Trinajstić information content (AvgIpc) is 2.81. The molecule has 0 fully saturated rings. The van der Waals surface area contributed by atoms with Gasteiger partial charge in [0.25, 0.3) is 5.56 Å². The zero-order chi connectivity index (χ0) is 28.3. The number of aliphatic carboxylic acids is 1. The molecular formula is C30H41N3O4. The van der Waals surface area contributed by atoms with Gasteiger partial charge in [-0.3, -0.25) is 9.59 Å². The molecule has 2 aliphatic heterocycles. The van der Waals surface area contributed by atoms with E-state index in [4.69, 9.17) is 5.11 Å². The summed E-state index contributed by atoms with van der Waals surface area (Å²) in [7, 11) is 0. The first-order valence-electron chi connectivity index (χ1n) is 12.4. The Morgan fingerprint density at radius 3 is 1.97 bits per heavy atom. The normalized spacial score (nSPS) is 14.4. The highest BCUT2D eigenvalue weighted by molar-refractivity contribution is 5.92. The molecule has 3 rings (SSSR count). The Balaban J connectivity index is 0.000000281. The van der Waals surface area contributed by atoms with Gasteiger partial charge >= 0.3 is 5.97 Å². The number of rotatable bonds is 6. The molecule has 200 valence electrons. The summed E-state index contributed by atoms with van der Waals surface area (Å²) in [4.78, 5) is 33.0. The highest BCUT2D eigenvalue weighted by Gasteiger charge is 2.16. The number of carboxylic acids is 1. The van der Waals surface area contributed by atoms with Gasteiger partial charge in [0.1, 0.15) is 5.78 Å². The van der Waals surface area contributed by atoms with Crippen LogP contribution in [0, 0.1) is 11.8 Å². The van der Waals surface area contributed by atoms with Crippen LogP contribution in [0.4, 0.5) is 0 Å². The summed E-state index contributed by atoms with van der Waals surface area (Å²) >= 11 is 0. The second kappa shape index (κ2) is 14.6. The molecule has 0 atom stereocenters. The third-order valence-corrected chi connectivity index (χ3v) is 5.58. The van der Waals surface area contributed by atoms with Crippen LogP contribution in [0.1, 0.15) is 59.9 Å². The Morgan fingerprint density at radius 1 is 0.919 bits per heavy atom. The minimum Gasteiger partial charge on any atom is -0.478 e. The lowest BCUT2D eigenvalue weighted by molar-refractivity contribution is -0.132. The van der Waals surface area contributed by atoms with E-state index < -0.39 is 5.97 Å². The van der Waals surface area contributed by atoms with Crippen molar-refractivity contribution in [1.82, 2.24) is 15.2 Å². The zero-order valence-electron chi connectivity index (χ0n) is 23.1. The van der Waals surface area contributed by atoms with Gasteiger partial charge < -0.3 is 20.3 Å². The summed E-state index contributed by atoms with van der Waals surface area (Å²) in [5, 5.41) is 14.7. The summed E-state index contributed by atoms with van der Waals surface area (Å²) < 4.78 is 1.46. The number of carboxylic acid groups (broad SMARTS) is 1. The van der Waals surface area contributed by atoms with Gasteiger partial charge in [0.2, 0.25) is 0 Å². The maximum absolute atomic E-state index is 11.3. The number of hydrogen-bond acceptors (Lipinski definition) is 5. The minimum atomic E-state index is -0.941. The fraction of sp³-hybridized carbons (Fsp3) is 0.367. The van der Waals surface area contributed by atoms with Crippen molar-refractivity contribution >= 4 is 11.8 Å². The van der Waals surface area contributed by atoms with Crippen molar-refractivity contribution in [2.24, 2.45) is 11.8 Å². The predicted molar refractivity (Wildman–Crippen MR) is 151 cm³/mol. The van der Waals surface area contributed by atoms with Crippen molar-refractivity contribution in [3.05, 3.63) is 106 Å². The smallest absolute Gasteiger partial charge is 0.337 e. The van der Waals surface area contributed by atoms with Crippen molar-refractivity contribution in [3.63, 3.8) is 0 Å². The highest BCUT2D eigenvalue weighted by Crippen LogP contribution is 2.20. The van der Waals surface area contributed by atoms with Crippen LogP contribution in [-0.2, 0) is 16.1 Å². The maximum atomic E-state index is 11.3. The fourth-order valence-electron chi connectivity index (χ4n) is 3.15. The lowest BCUT2D eigenvalue weighted by atomic mass is 9.98. The molecule has 37 heavy (non-hydrogen) atoms. The van der Waals surface area contributed by atoms with Crippen molar-refractivity contribution in [3.8, 4) is 0 Å². The molecular weight excluding hydrogens is 466 g/mol. The molecule has 2 aliphatic rings. The third-order valence-electron chi connectivity index (χ3n) is 5.58. The molecule has 1 aromatic rings. The Labute approximate surface area is 220 Å². The van der Waals surface area contributed by atoms with E-state index in [-0.39, 0.29) is 23.5 Å². The second-order valence-electron chi connectivity index (χ2n) is 9.87. The summed E-state index contributed by atoms with van der Waals surface area (Å²) in [5.41, 5.74) is 4.90. The summed E-state index contributed by atoms with van der Waals surface area (Å²) in [6, 6.07) is 3.32. The molecule has 3 heterocycles. The Morgan fingerprint density at radius 2 is 1.51 bits per heavy atom. The maximum Gasteiger partial charge on any atom is 0.337 e. The minimum absolute atomic E-state index is 0.00648. The number of hydrogen-bond donors (Lipinski definition) is 3. The van der Waals surface area contributed by atoms with E-state index in [1.54, 1.807) is 18.5 Å². The molecule has 0 unspecified atom stereocenters. The monoisotopic (exact) mass is 507 g/mol. The number of pyridine rings is 1. The Kier molecular flexibility index (Phi) is 12.3. The largest absolute Gasteiger partial charge is 0.478 e. The second-order valence-corrected chi connectivity index (χ2v) is 9.87. The van der Waals surface area contributed by atoms with Crippen molar-refractivity contribution in [2.45, 2.75) is 60.9 Å². The number of allylic oxidation sites excluding steroid dienone is 5. The van der Waals surface area contributed by atoms with Gasteiger partial charge in [-0.1, -0.05) is 66.8 Å². The molecule has 1 aromatic heterocycles. The molecule has 0 aromatic carbocycles. The van der Waals surface area contributed by atoms with Gasteiger partial charge in [0.05, 0.1) is 12.1 Å². The van der Waals surface area contributed by atoms with Gasteiger partial charge in [0, 0.05) is 36.1 Å². The van der Waals surface area contributed by atoms with Crippen LogP contribution in [-0.4, -0.2) is 21.4 Å². The Bertz CT molecular complexity index is 1190. The zero-order valence-corrected chi connectivity index (χ0v) is 23.1. The molecule has 3 N–H and O–H groups in total. The molecule has 7 nitrogen and oxygen atoms in total. The first-order valence-corrected chi connectivity index (χ1v) is 12.4. The SMILES string of the molecule is C=C1C=CC(C(C)C)=CN1.C=C1NC=C(C(C)C)C=C1C(=O)O.CC(=O)Cn1cc(C(C)C)ccc1=O. The van der Waals surface area contributed by atoms with E-state index in [1.165, 1.54) is 23.1 Å². The summed E-state index contributed by atoms with van der Waals surface area (Å²) in [5.74, 6) is 0.331. The quantitative estimate of drug-likeness (QED) is 0.476. The number of nitrogens with one attached hydrogen (secondary N) is 2. The molecule has 0 radical (unpaired) electrons. The molecule has 0 aliphatic carbocycles. The van der Waals surface area contributed by atoms with E-state index in [0.29, 0.717) is 23.5 Å². The van der Waals surface area contributed by atoms with Crippen molar-refractivity contribution in [1.29, 1.82) is 0 Å². The van der Waals surface area contributed by atoms with E-state index in [1.807, 2.05) is 32.2 Å². The average molecular weight is 508 g/mol. The van der Waals surface area contributed by atoms with Crippen LogP contribution in [0.25, 0.3) is 0 Å². The number of ketones is 1. The van der Waals surface area contributed by atoms with Crippen LogP contribution in [0.15, 0.2) is 95.0 Å². The number of carbonyl (C=O) groups excluding carboxylic acids is 1. The van der Waals surface area contributed by atoms with Crippen LogP contribution < -0.4 is 16.2 Å².